The first-order chi connectivity index (χ1) is 5.12. The van der Waals surface area contributed by atoms with Crippen molar-refractivity contribution >= 4 is 0 Å². The minimum atomic E-state index is -0.649. The number of rotatable bonds is 6. The van der Waals surface area contributed by atoms with E-state index in [2.05, 4.69) is 6.92 Å². The Morgan fingerprint density at radius 3 is 2.27 bits per heavy atom. The molecule has 0 radical (unpaired) electrons. The normalized spacial score (nSPS) is 16.4. The van der Waals surface area contributed by atoms with Gasteiger partial charge in [-0.05, 0) is 19.8 Å². The van der Waals surface area contributed by atoms with Crippen LogP contribution in [0, 0.1) is 0 Å². The molecule has 0 spiro atoms. The Balaban J connectivity index is 3.38. The summed E-state index contributed by atoms with van der Waals surface area (Å²) in [6.07, 6.45) is 4.71. The fourth-order valence-electron chi connectivity index (χ4n) is 1.12. The topological polar surface area (TPSA) is 40.5 Å². The van der Waals surface area contributed by atoms with Gasteiger partial charge in [-0.25, -0.2) is 0 Å². The molecule has 1 atom stereocenters. The Morgan fingerprint density at radius 1 is 1.18 bits per heavy atom. The van der Waals surface area contributed by atoms with Gasteiger partial charge < -0.3 is 10.2 Å². The standard InChI is InChI=1S/C9H20O2/c1-3-4-5-6-9(2,11)7-8-10/h10-11H,3-8H2,1-2H3. The molecule has 1 unspecified atom stereocenters. The first-order valence-electron chi connectivity index (χ1n) is 4.45. The zero-order chi connectivity index (χ0) is 8.74. The van der Waals surface area contributed by atoms with Gasteiger partial charge in [-0.15, -0.1) is 0 Å². The molecule has 0 amide bonds. The van der Waals surface area contributed by atoms with Gasteiger partial charge in [0.15, 0.2) is 0 Å². The molecule has 2 heteroatoms. The Hall–Kier alpha value is -0.0800. The minimum Gasteiger partial charge on any atom is -0.396 e. The molecule has 0 aliphatic rings. The second-order valence-electron chi connectivity index (χ2n) is 3.43. The van der Waals surface area contributed by atoms with Gasteiger partial charge in [-0.2, -0.15) is 0 Å². The summed E-state index contributed by atoms with van der Waals surface area (Å²) in [5.74, 6) is 0. The van der Waals surface area contributed by atoms with Crippen molar-refractivity contribution in [2.45, 2.75) is 51.6 Å². The van der Waals surface area contributed by atoms with E-state index < -0.39 is 5.60 Å². The molecule has 0 aliphatic carbocycles. The quantitative estimate of drug-likeness (QED) is 0.581. The molecule has 0 aliphatic heterocycles. The third-order valence-corrected chi connectivity index (χ3v) is 1.97. The SMILES string of the molecule is CCCCCC(C)(O)CCO. The van der Waals surface area contributed by atoms with Crippen LogP contribution in [0.4, 0.5) is 0 Å². The van der Waals surface area contributed by atoms with Gasteiger partial charge in [-0.3, -0.25) is 0 Å². The van der Waals surface area contributed by atoms with Crippen molar-refractivity contribution < 1.29 is 10.2 Å². The summed E-state index contributed by atoms with van der Waals surface area (Å²) < 4.78 is 0. The average molecular weight is 160 g/mol. The lowest BCUT2D eigenvalue weighted by Crippen LogP contribution is -2.25. The molecule has 0 heterocycles. The molecule has 2 nitrogen and oxygen atoms in total. The third-order valence-electron chi connectivity index (χ3n) is 1.97. The maximum Gasteiger partial charge on any atom is 0.0641 e. The molecule has 0 saturated carbocycles. The number of aliphatic hydroxyl groups excluding tert-OH is 1. The molecule has 0 fully saturated rings. The van der Waals surface area contributed by atoms with Crippen molar-refractivity contribution in [3.63, 3.8) is 0 Å². The fraction of sp³-hybridized carbons (Fsp3) is 1.00. The number of hydrogen-bond donors (Lipinski definition) is 2. The molecule has 0 aromatic rings. The highest BCUT2D eigenvalue weighted by atomic mass is 16.3. The highest BCUT2D eigenvalue weighted by Gasteiger charge is 2.17. The second kappa shape index (κ2) is 5.56. The van der Waals surface area contributed by atoms with Gasteiger partial charge in [0.2, 0.25) is 0 Å². The maximum atomic E-state index is 9.58. The predicted octanol–water partition coefficient (Wildman–Crippen LogP) is 1.70. The zero-order valence-electron chi connectivity index (χ0n) is 7.64. The van der Waals surface area contributed by atoms with Crippen LogP contribution in [0.25, 0.3) is 0 Å². The second-order valence-corrected chi connectivity index (χ2v) is 3.43. The summed E-state index contributed by atoms with van der Waals surface area (Å²) in [7, 11) is 0. The summed E-state index contributed by atoms with van der Waals surface area (Å²) >= 11 is 0. The molecular formula is C9H20O2. The molecule has 0 aromatic carbocycles. The van der Waals surface area contributed by atoms with Crippen molar-refractivity contribution in [2.24, 2.45) is 0 Å². The largest absolute Gasteiger partial charge is 0.396 e. The van der Waals surface area contributed by atoms with E-state index in [0.717, 1.165) is 12.8 Å². The van der Waals surface area contributed by atoms with Crippen LogP contribution < -0.4 is 0 Å². The molecule has 0 rings (SSSR count). The van der Waals surface area contributed by atoms with Crippen molar-refractivity contribution in [3.8, 4) is 0 Å². The van der Waals surface area contributed by atoms with Crippen LogP contribution >= 0.6 is 0 Å². The summed E-state index contributed by atoms with van der Waals surface area (Å²) in [5, 5.41) is 18.2. The first-order valence-corrected chi connectivity index (χ1v) is 4.45. The number of hydrogen-bond acceptors (Lipinski definition) is 2. The zero-order valence-corrected chi connectivity index (χ0v) is 7.64. The Kier molecular flexibility index (Phi) is 5.51. The van der Waals surface area contributed by atoms with Crippen molar-refractivity contribution in [2.75, 3.05) is 6.61 Å². The summed E-state index contributed by atoms with van der Waals surface area (Å²) in [6, 6.07) is 0. The molecule has 11 heavy (non-hydrogen) atoms. The molecule has 0 saturated heterocycles. The predicted molar refractivity (Wildman–Crippen MR) is 46.5 cm³/mol. The maximum absolute atomic E-state index is 9.58. The molecule has 68 valence electrons. The Labute approximate surface area is 69.2 Å². The lowest BCUT2D eigenvalue weighted by atomic mass is 9.95. The number of aliphatic hydroxyl groups is 2. The molecule has 2 N–H and O–H groups in total. The summed E-state index contributed by atoms with van der Waals surface area (Å²) in [4.78, 5) is 0. The van der Waals surface area contributed by atoms with Gasteiger partial charge >= 0.3 is 0 Å². The van der Waals surface area contributed by atoms with Gasteiger partial charge in [0, 0.05) is 6.61 Å². The van der Waals surface area contributed by atoms with Crippen LogP contribution in [-0.2, 0) is 0 Å². The van der Waals surface area contributed by atoms with E-state index in [-0.39, 0.29) is 6.61 Å². The summed E-state index contributed by atoms with van der Waals surface area (Å²) in [5.41, 5.74) is -0.649. The molecule has 0 bridgehead atoms. The van der Waals surface area contributed by atoms with Crippen LogP contribution in [0.15, 0.2) is 0 Å². The monoisotopic (exact) mass is 160 g/mol. The number of unbranched alkanes of at least 4 members (excludes halogenated alkanes) is 2. The van der Waals surface area contributed by atoms with Crippen LogP contribution in [0.1, 0.15) is 46.0 Å². The molecule has 0 aromatic heterocycles. The van der Waals surface area contributed by atoms with E-state index in [4.69, 9.17) is 5.11 Å². The van der Waals surface area contributed by atoms with Gasteiger partial charge in [0.25, 0.3) is 0 Å². The molecular weight excluding hydrogens is 140 g/mol. The van der Waals surface area contributed by atoms with Crippen LogP contribution in [0.3, 0.4) is 0 Å². The van der Waals surface area contributed by atoms with E-state index >= 15 is 0 Å². The Morgan fingerprint density at radius 2 is 1.82 bits per heavy atom. The van der Waals surface area contributed by atoms with Crippen LogP contribution in [-0.4, -0.2) is 22.4 Å². The van der Waals surface area contributed by atoms with E-state index in [0.29, 0.717) is 6.42 Å². The highest BCUT2D eigenvalue weighted by molar-refractivity contribution is 4.71. The highest BCUT2D eigenvalue weighted by Crippen LogP contribution is 2.17. The van der Waals surface area contributed by atoms with Crippen molar-refractivity contribution in [1.82, 2.24) is 0 Å². The average Bonchev–Trinajstić information content (AvgIpc) is 1.87. The third kappa shape index (κ3) is 6.32. The van der Waals surface area contributed by atoms with E-state index in [9.17, 15) is 5.11 Å². The first kappa shape index (κ1) is 10.9. The van der Waals surface area contributed by atoms with Gasteiger partial charge in [0.05, 0.1) is 5.60 Å². The van der Waals surface area contributed by atoms with E-state index in [1.165, 1.54) is 12.8 Å². The Bertz CT molecular complexity index is 89.6. The minimum absolute atomic E-state index is 0.0825. The van der Waals surface area contributed by atoms with Gasteiger partial charge in [0.1, 0.15) is 0 Å². The summed E-state index contributed by atoms with van der Waals surface area (Å²) in [6.45, 7) is 4.01. The van der Waals surface area contributed by atoms with E-state index in [1.807, 2.05) is 0 Å². The fourth-order valence-corrected chi connectivity index (χ4v) is 1.12. The van der Waals surface area contributed by atoms with Gasteiger partial charge in [-0.1, -0.05) is 26.2 Å². The van der Waals surface area contributed by atoms with E-state index in [1.54, 1.807) is 6.92 Å². The lowest BCUT2D eigenvalue weighted by Gasteiger charge is -2.21. The van der Waals surface area contributed by atoms with Crippen molar-refractivity contribution in [1.29, 1.82) is 0 Å². The van der Waals surface area contributed by atoms with Crippen molar-refractivity contribution in [3.05, 3.63) is 0 Å². The lowest BCUT2D eigenvalue weighted by molar-refractivity contribution is 0.0233. The smallest absolute Gasteiger partial charge is 0.0641 e. The van der Waals surface area contributed by atoms with Crippen LogP contribution in [0.5, 0.6) is 0 Å². The van der Waals surface area contributed by atoms with Crippen LogP contribution in [0.2, 0.25) is 0 Å².